The predicted molar refractivity (Wildman–Crippen MR) is 81.8 cm³/mol. The Balaban J connectivity index is 2.50. The summed E-state index contributed by atoms with van der Waals surface area (Å²) >= 11 is 17.0. The van der Waals surface area contributed by atoms with Crippen LogP contribution in [0.3, 0.4) is 0 Å². The highest BCUT2D eigenvalue weighted by atomic mass is 35.5. The van der Waals surface area contributed by atoms with Gasteiger partial charge in [-0.15, -0.1) is 0 Å². The number of nitrogens with zero attached hydrogens (tertiary/aromatic N) is 1. The zero-order valence-electron chi connectivity index (χ0n) is 9.31. The molecule has 0 aliphatic heterocycles. The molecule has 0 amide bonds. The minimum atomic E-state index is 0.236. The van der Waals surface area contributed by atoms with Crippen LogP contribution in [0.1, 0.15) is 0 Å². The molecule has 0 radical (unpaired) electrons. The van der Waals surface area contributed by atoms with Crippen molar-refractivity contribution in [3.8, 4) is 0 Å². The molecule has 2 aromatic carbocycles. The molecule has 2 rings (SSSR count). The molecule has 18 heavy (non-hydrogen) atoms. The van der Waals surface area contributed by atoms with Crippen LogP contribution in [0.4, 0.5) is 11.4 Å². The second kappa shape index (κ2) is 5.57. The maximum absolute atomic E-state index is 5.98. The molecule has 2 nitrogen and oxygen atoms in total. The lowest BCUT2D eigenvalue weighted by molar-refractivity contribution is 1.34. The van der Waals surface area contributed by atoms with Crippen LogP contribution >= 0.6 is 35.4 Å². The Hall–Kier alpha value is -1.29. The van der Waals surface area contributed by atoms with Crippen LogP contribution in [0, 0.1) is 0 Å². The van der Waals surface area contributed by atoms with Gasteiger partial charge in [-0.25, -0.2) is 0 Å². The number of hydrogen-bond donors (Lipinski definition) is 1. The fourth-order valence-corrected chi connectivity index (χ4v) is 2.21. The van der Waals surface area contributed by atoms with E-state index in [9.17, 15) is 0 Å². The van der Waals surface area contributed by atoms with Gasteiger partial charge in [-0.2, -0.15) is 0 Å². The van der Waals surface area contributed by atoms with Crippen LogP contribution < -0.4 is 10.6 Å². The van der Waals surface area contributed by atoms with E-state index in [-0.39, 0.29) is 5.11 Å². The van der Waals surface area contributed by atoms with Gasteiger partial charge in [0.15, 0.2) is 5.11 Å². The Morgan fingerprint density at radius 3 is 1.72 bits per heavy atom. The molecule has 0 aromatic heterocycles. The summed E-state index contributed by atoms with van der Waals surface area (Å²) in [7, 11) is 0. The first-order valence-electron chi connectivity index (χ1n) is 5.18. The van der Waals surface area contributed by atoms with Crippen molar-refractivity contribution in [3.05, 3.63) is 58.6 Å². The second-order valence-corrected chi connectivity index (χ2v) is 4.92. The number of rotatable bonds is 2. The van der Waals surface area contributed by atoms with E-state index in [2.05, 4.69) is 0 Å². The van der Waals surface area contributed by atoms with Crippen LogP contribution in [-0.2, 0) is 0 Å². The fraction of sp³-hybridized carbons (Fsp3) is 0. The lowest BCUT2D eigenvalue weighted by Crippen LogP contribution is -2.31. The SMILES string of the molecule is NC(=S)N(c1cccc(Cl)c1)c1cccc(Cl)c1. The third-order valence-corrected chi connectivity index (χ3v) is 3.01. The molecular weight excluding hydrogens is 287 g/mol. The molecule has 92 valence electrons. The van der Waals surface area contributed by atoms with Gasteiger partial charge >= 0.3 is 0 Å². The van der Waals surface area contributed by atoms with Crippen LogP contribution in [0.2, 0.25) is 10.0 Å². The summed E-state index contributed by atoms with van der Waals surface area (Å²) in [5.74, 6) is 0. The number of anilines is 2. The number of thiocarbonyl (C=S) groups is 1. The molecular formula is C13H10Cl2N2S. The van der Waals surface area contributed by atoms with E-state index in [4.69, 9.17) is 41.2 Å². The van der Waals surface area contributed by atoms with Crippen LogP contribution in [0.25, 0.3) is 0 Å². The van der Waals surface area contributed by atoms with Gasteiger partial charge in [-0.1, -0.05) is 35.3 Å². The average molecular weight is 297 g/mol. The molecule has 2 aromatic rings. The van der Waals surface area contributed by atoms with E-state index in [1.807, 2.05) is 24.3 Å². The summed E-state index contributed by atoms with van der Waals surface area (Å²) in [6.45, 7) is 0. The highest BCUT2D eigenvalue weighted by molar-refractivity contribution is 7.80. The lowest BCUT2D eigenvalue weighted by atomic mass is 10.2. The number of benzene rings is 2. The van der Waals surface area contributed by atoms with Crippen LogP contribution in [0.15, 0.2) is 48.5 Å². The third kappa shape index (κ3) is 2.93. The summed E-state index contributed by atoms with van der Waals surface area (Å²) in [5, 5.41) is 1.48. The topological polar surface area (TPSA) is 29.3 Å². The van der Waals surface area contributed by atoms with Crippen molar-refractivity contribution >= 4 is 51.9 Å². The van der Waals surface area contributed by atoms with Gasteiger partial charge in [0, 0.05) is 21.4 Å². The van der Waals surface area contributed by atoms with Gasteiger partial charge < -0.3 is 5.73 Å². The molecule has 0 aliphatic carbocycles. The molecule has 0 aliphatic rings. The van der Waals surface area contributed by atoms with Gasteiger partial charge in [0.2, 0.25) is 0 Å². The normalized spacial score (nSPS) is 10.1. The highest BCUT2D eigenvalue weighted by Gasteiger charge is 2.12. The second-order valence-electron chi connectivity index (χ2n) is 3.63. The van der Waals surface area contributed by atoms with Crippen LogP contribution in [0.5, 0.6) is 0 Å². The fourth-order valence-electron chi connectivity index (χ4n) is 1.63. The van der Waals surface area contributed by atoms with E-state index >= 15 is 0 Å². The smallest absolute Gasteiger partial charge is 0.175 e. The Morgan fingerprint density at radius 2 is 1.39 bits per heavy atom. The quantitative estimate of drug-likeness (QED) is 0.834. The lowest BCUT2D eigenvalue weighted by Gasteiger charge is -2.23. The van der Waals surface area contributed by atoms with Gasteiger partial charge in [0.1, 0.15) is 0 Å². The zero-order valence-corrected chi connectivity index (χ0v) is 11.6. The summed E-state index contributed by atoms with van der Waals surface area (Å²) in [5.41, 5.74) is 7.38. The molecule has 2 N–H and O–H groups in total. The van der Waals surface area contributed by atoms with E-state index in [0.717, 1.165) is 11.4 Å². The van der Waals surface area contributed by atoms with Crippen molar-refractivity contribution in [2.45, 2.75) is 0 Å². The molecule has 0 heterocycles. The molecule has 0 atom stereocenters. The van der Waals surface area contributed by atoms with E-state index in [1.54, 1.807) is 29.2 Å². The summed E-state index contributed by atoms with van der Waals surface area (Å²) in [4.78, 5) is 1.72. The molecule has 5 heteroatoms. The van der Waals surface area contributed by atoms with Crippen molar-refractivity contribution in [2.75, 3.05) is 4.90 Å². The monoisotopic (exact) mass is 296 g/mol. The standard InChI is InChI=1S/C13H10Cl2N2S/c14-9-3-1-5-11(7-9)17(13(16)18)12-6-2-4-10(15)8-12/h1-8H,(H2,16,18). The zero-order chi connectivity index (χ0) is 13.1. The Bertz CT molecular complexity index is 541. The first-order chi connectivity index (χ1) is 8.58. The Kier molecular flexibility index (Phi) is 4.07. The van der Waals surface area contributed by atoms with Gasteiger partial charge in [-0.3, -0.25) is 4.90 Å². The molecule has 0 bridgehead atoms. The maximum atomic E-state index is 5.98. The van der Waals surface area contributed by atoms with Gasteiger partial charge in [0.25, 0.3) is 0 Å². The summed E-state index contributed by atoms with van der Waals surface area (Å²) in [6, 6.07) is 14.6. The summed E-state index contributed by atoms with van der Waals surface area (Å²) in [6.07, 6.45) is 0. The third-order valence-electron chi connectivity index (χ3n) is 2.35. The Morgan fingerprint density at radius 1 is 0.944 bits per heavy atom. The van der Waals surface area contributed by atoms with E-state index < -0.39 is 0 Å². The first kappa shape index (κ1) is 13.1. The Labute approximate surface area is 121 Å². The van der Waals surface area contributed by atoms with E-state index in [1.165, 1.54) is 0 Å². The predicted octanol–water partition coefficient (Wildman–Crippen LogP) is 4.38. The largest absolute Gasteiger partial charge is 0.376 e. The molecule has 0 saturated carbocycles. The van der Waals surface area contributed by atoms with Crippen molar-refractivity contribution in [2.24, 2.45) is 5.73 Å². The first-order valence-corrected chi connectivity index (χ1v) is 6.35. The molecule has 0 fully saturated rings. The number of nitrogens with two attached hydrogens (primary N) is 1. The highest BCUT2D eigenvalue weighted by Crippen LogP contribution is 2.29. The molecule has 0 unspecified atom stereocenters. The van der Waals surface area contributed by atoms with Crippen molar-refractivity contribution in [1.29, 1.82) is 0 Å². The van der Waals surface area contributed by atoms with Gasteiger partial charge in [0.05, 0.1) is 0 Å². The van der Waals surface area contributed by atoms with Gasteiger partial charge in [-0.05, 0) is 48.6 Å². The van der Waals surface area contributed by atoms with Crippen molar-refractivity contribution in [1.82, 2.24) is 0 Å². The van der Waals surface area contributed by atoms with Crippen molar-refractivity contribution < 1.29 is 0 Å². The van der Waals surface area contributed by atoms with Crippen molar-refractivity contribution in [3.63, 3.8) is 0 Å². The maximum Gasteiger partial charge on any atom is 0.175 e. The minimum Gasteiger partial charge on any atom is -0.376 e. The minimum absolute atomic E-state index is 0.236. The molecule has 0 saturated heterocycles. The molecule has 0 spiro atoms. The van der Waals surface area contributed by atoms with E-state index in [0.29, 0.717) is 10.0 Å². The van der Waals surface area contributed by atoms with Crippen LogP contribution in [-0.4, -0.2) is 5.11 Å². The number of halogens is 2. The summed E-state index contributed by atoms with van der Waals surface area (Å²) < 4.78 is 0. The number of hydrogen-bond acceptors (Lipinski definition) is 1. The average Bonchev–Trinajstić information content (AvgIpc) is 2.28.